The monoisotopic (exact) mass is 385 g/mol. The Labute approximate surface area is 143 Å². The molecule has 6 nitrogen and oxygen atoms in total. The molecule has 1 saturated heterocycles. The summed E-state index contributed by atoms with van der Waals surface area (Å²) < 4.78 is 24.4. The predicted molar refractivity (Wildman–Crippen MR) is 87.8 cm³/mol. The number of benzene rings is 1. The summed E-state index contributed by atoms with van der Waals surface area (Å²) >= 11 is 17.8. The Balaban J connectivity index is 2.08. The quantitative estimate of drug-likeness (QED) is 0.779. The maximum Gasteiger partial charge on any atom is 0.256 e. The van der Waals surface area contributed by atoms with Crippen molar-refractivity contribution in [1.29, 1.82) is 0 Å². The average molecular weight is 387 g/mol. The zero-order valence-corrected chi connectivity index (χ0v) is 14.7. The third kappa shape index (κ3) is 3.97. The molecule has 0 aromatic heterocycles. The number of anilines is 1. The first-order valence-electron chi connectivity index (χ1n) is 6.37. The van der Waals surface area contributed by atoms with E-state index in [1.807, 2.05) is 0 Å². The van der Waals surface area contributed by atoms with Crippen molar-refractivity contribution in [3.8, 4) is 0 Å². The first-order chi connectivity index (χ1) is 10.2. The molecule has 1 aromatic rings. The molecule has 1 amide bonds. The van der Waals surface area contributed by atoms with Crippen molar-refractivity contribution in [2.24, 2.45) is 0 Å². The van der Waals surface area contributed by atoms with Crippen molar-refractivity contribution >= 4 is 56.4 Å². The van der Waals surface area contributed by atoms with Gasteiger partial charge in [-0.25, -0.2) is 8.42 Å². The van der Waals surface area contributed by atoms with Gasteiger partial charge in [0.1, 0.15) is 6.04 Å². The number of hydrazine groups is 1. The second-order valence-electron chi connectivity index (χ2n) is 4.89. The number of carbonyl (C=O) groups is 1. The van der Waals surface area contributed by atoms with Crippen LogP contribution in [0.3, 0.4) is 0 Å². The Kier molecular flexibility index (Phi) is 5.45. The Morgan fingerprint density at radius 3 is 2.41 bits per heavy atom. The van der Waals surface area contributed by atoms with E-state index in [1.165, 1.54) is 16.4 Å². The summed E-state index contributed by atoms with van der Waals surface area (Å²) in [4.78, 5) is 12.2. The fourth-order valence-corrected chi connectivity index (χ4v) is 4.30. The normalized spacial score (nSPS) is 19.2. The minimum absolute atomic E-state index is 0.240. The van der Waals surface area contributed by atoms with Gasteiger partial charge in [0.05, 0.1) is 22.0 Å². The van der Waals surface area contributed by atoms with Crippen molar-refractivity contribution < 1.29 is 13.2 Å². The van der Waals surface area contributed by atoms with Crippen LogP contribution < -0.4 is 10.9 Å². The second kappa shape index (κ2) is 6.80. The standard InChI is InChI=1S/C12H14Cl3N3O3S/c1-22(20,21)18-4-2-3-10(18)12(19)17-16-11-8(14)5-7(13)6-9(11)15/h5-6,10,16H,2-4H2,1H3,(H,17,19). The van der Waals surface area contributed by atoms with Gasteiger partial charge in [0.25, 0.3) is 5.91 Å². The fourth-order valence-electron chi connectivity index (χ4n) is 2.27. The van der Waals surface area contributed by atoms with Crippen molar-refractivity contribution in [3.05, 3.63) is 27.2 Å². The summed E-state index contributed by atoms with van der Waals surface area (Å²) in [6, 6.07) is 2.20. The van der Waals surface area contributed by atoms with Crippen molar-refractivity contribution in [2.75, 3.05) is 18.2 Å². The number of nitrogens with zero attached hydrogens (tertiary/aromatic N) is 1. The summed E-state index contributed by atoms with van der Waals surface area (Å²) in [7, 11) is -3.43. The second-order valence-corrected chi connectivity index (χ2v) is 8.08. The van der Waals surface area contributed by atoms with Crippen LogP contribution >= 0.6 is 34.8 Å². The van der Waals surface area contributed by atoms with Gasteiger partial charge in [0, 0.05) is 11.6 Å². The molecule has 2 rings (SSSR count). The molecule has 1 fully saturated rings. The van der Waals surface area contributed by atoms with E-state index < -0.39 is 22.0 Å². The molecule has 2 N–H and O–H groups in total. The summed E-state index contributed by atoms with van der Waals surface area (Å²) in [5, 5.41) is 0.847. The molecule has 1 aliphatic rings. The van der Waals surface area contributed by atoms with E-state index in [2.05, 4.69) is 10.9 Å². The topological polar surface area (TPSA) is 78.5 Å². The van der Waals surface area contributed by atoms with Crippen LogP contribution in [0.15, 0.2) is 12.1 Å². The van der Waals surface area contributed by atoms with E-state index >= 15 is 0 Å². The number of amides is 1. The zero-order chi connectivity index (χ0) is 16.5. The third-order valence-electron chi connectivity index (χ3n) is 3.25. The van der Waals surface area contributed by atoms with E-state index in [4.69, 9.17) is 34.8 Å². The molecule has 1 aromatic carbocycles. The number of halogens is 3. The average Bonchev–Trinajstić information content (AvgIpc) is 2.86. The predicted octanol–water partition coefficient (Wildman–Crippen LogP) is 2.51. The number of rotatable bonds is 4. The summed E-state index contributed by atoms with van der Waals surface area (Å²) in [5.74, 6) is -0.468. The minimum atomic E-state index is -3.43. The molecule has 1 heterocycles. The summed E-state index contributed by atoms with van der Waals surface area (Å²) in [6.07, 6.45) is 2.18. The number of sulfonamides is 1. The Morgan fingerprint density at radius 1 is 1.27 bits per heavy atom. The van der Waals surface area contributed by atoms with E-state index in [1.54, 1.807) is 0 Å². The van der Waals surface area contributed by atoms with Gasteiger partial charge >= 0.3 is 0 Å². The van der Waals surface area contributed by atoms with Crippen molar-refractivity contribution in [3.63, 3.8) is 0 Å². The highest BCUT2D eigenvalue weighted by molar-refractivity contribution is 7.88. The highest BCUT2D eigenvalue weighted by atomic mass is 35.5. The number of hydrogen-bond donors (Lipinski definition) is 2. The fraction of sp³-hybridized carbons (Fsp3) is 0.417. The molecule has 122 valence electrons. The van der Waals surface area contributed by atoms with E-state index in [0.29, 0.717) is 30.1 Å². The number of nitrogens with one attached hydrogen (secondary N) is 2. The summed E-state index contributed by atoms with van der Waals surface area (Å²) in [5.41, 5.74) is 5.35. The zero-order valence-electron chi connectivity index (χ0n) is 11.6. The molecular formula is C12H14Cl3N3O3S. The smallest absolute Gasteiger partial charge is 0.256 e. The van der Waals surface area contributed by atoms with Crippen LogP contribution in [-0.2, 0) is 14.8 Å². The highest BCUT2D eigenvalue weighted by Gasteiger charge is 2.36. The highest BCUT2D eigenvalue weighted by Crippen LogP contribution is 2.33. The van der Waals surface area contributed by atoms with Gasteiger partial charge in [-0.2, -0.15) is 4.31 Å². The van der Waals surface area contributed by atoms with Crippen LogP contribution in [0.25, 0.3) is 0 Å². The summed E-state index contributed by atoms with van der Waals surface area (Å²) in [6.45, 7) is 0.333. The van der Waals surface area contributed by atoms with E-state index in [0.717, 1.165) is 6.26 Å². The number of hydrogen-bond acceptors (Lipinski definition) is 4. The molecule has 0 bridgehead atoms. The Morgan fingerprint density at radius 2 is 1.86 bits per heavy atom. The van der Waals surface area contributed by atoms with Crippen molar-refractivity contribution in [2.45, 2.75) is 18.9 Å². The van der Waals surface area contributed by atoms with Crippen LogP contribution in [0.4, 0.5) is 5.69 Å². The van der Waals surface area contributed by atoms with Crippen LogP contribution in [0, 0.1) is 0 Å². The molecule has 10 heteroatoms. The maximum absolute atomic E-state index is 12.2. The van der Waals surface area contributed by atoms with Crippen molar-refractivity contribution in [1.82, 2.24) is 9.73 Å². The molecule has 0 spiro atoms. The molecule has 1 atom stereocenters. The lowest BCUT2D eigenvalue weighted by Crippen LogP contribution is -2.47. The third-order valence-corrected chi connectivity index (χ3v) is 5.35. The van der Waals surface area contributed by atoms with Crippen LogP contribution in [0.5, 0.6) is 0 Å². The van der Waals surface area contributed by atoms with Gasteiger partial charge in [-0.3, -0.25) is 15.6 Å². The lowest BCUT2D eigenvalue weighted by atomic mass is 10.2. The number of carbonyl (C=O) groups excluding carboxylic acids is 1. The first-order valence-corrected chi connectivity index (χ1v) is 9.35. The van der Waals surface area contributed by atoms with Crippen LogP contribution in [0.1, 0.15) is 12.8 Å². The van der Waals surface area contributed by atoms with E-state index in [9.17, 15) is 13.2 Å². The lowest BCUT2D eigenvalue weighted by Gasteiger charge is -2.22. The lowest BCUT2D eigenvalue weighted by molar-refractivity contribution is -0.123. The molecule has 0 aliphatic carbocycles. The Bertz CT molecular complexity index is 673. The van der Waals surface area contributed by atoms with Gasteiger partial charge in [-0.05, 0) is 25.0 Å². The van der Waals surface area contributed by atoms with Gasteiger partial charge in [-0.15, -0.1) is 0 Å². The van der Waals surface area contributed by atoms with Gasteiger partial charge in [0.2, 0.25) is 10.0 Å². The van der Waals surface area contributed by atoms with Crippen LogP contribution in [-0.4, -0.2) is 37.5 Å². The molecule has 0 saturated carbocycles. The molecule has 0 radical (unpaired) electrons. The SMILES string of the molecule is CS(=O)(=O)N1CCCC1C(=O)NNc1c(Cl)cc(Cl)cc1Cl. The maximum atomic E-state index is 12.2. The van der Waals surface area contributed by atoms with E-state index in [-0.39, 0.29) is 10.0 Å². The molecule has 1 unspecified atom stereocenters. The molecule has 22 heavy (non-hydrogen) atoms. The van der Waals surface area contributed by atoms with Gasteiger partial charge < -0.3 is 0 Å². The Hall–Kier alpha value is -0.730. The van der Waals surface area contributed by atoms with Gasteiger partial charge in [0.15, 0.2) is 0 Å². The van der Waals surface area contributed by atoms with Gasteiger partial charge in [-0.1, -0.05) is 34.8 Å². The van der Waals surface area contributed by atoms with Crippen LogP contribution in [0.2, 0.25) is 15.1 Å². The minimum Gasteiger partial charge on any atom is -0.296 e. The largest absolute Gasteiger partial charge is 0.296 e. The molecular weight excluding hydrogens is 373 g/mol. The molecule has 1 aliphatic heterocycles. The first kappa shape index (κ1) is 17.6.